The Labute approximate surface area is 420 Å². The first-order valence-corrected chi connectivity index (χ1v) is 27.8. The van der Waals surface area contributed by atoms with Gasteiger partial charge < -0.3 is 18.9 Å². The van der Waals surface area contributed by atoms with E-state index in [2.05, 4.69) is 4.98 Å². The van der Waals surface area contributed by atoms with E-state index in [0.29, 0.717) is 68.3 Å². The lowest BCUT2D eigenvalue weighted by atomic mass is 10.0. The molecule has 2 unspecified atom stereocenters. The molecule has 1 aliphatic rings. The van der Waals surface area contributed by atoms with E-state index < -0.39 is 66.3 Å². The summed E-state index contributed by atoms with van der Waals surface area (Å²) in [5.74, 6) is -0.527. The minimum atomic E-state index is -3.73. The third-order valence-electron chi connectivity index (χ3n) is 13.0. The van der Waals surface area contributed by atoms with E-state index in [4.69, 9.17) is 23.9 Å². The summed E-state index contributed by atoms with van der Waals surface area (Å²) in [6.07, 6.45) is 6.64. The Bertz CT molecular complexity index is 3770. The summed E-state index contributed by atoms with van der Waals surface area (Å²) in [5, 5.41) is 0. The van der Waals surface area contributed by atoms with Gasteiger partial charge in [-0.15, -0.1) is 0 Å². The van der Waals surface area contributed by atoms with Gasteiger partial charge in [-0.05, 0) is 85.8 Å². The zero-order valence-corrected chi connectivity index (χ0v) is 42.7. The number of rotatable bonds is 20. The third-order valence-corrected chi connectivity index (χ3v) is 14.8. The second-order valence-corrected chi connectivity index (χ2v) is 22.5. The van der Waals surface area contributed by atoms with Gasteiger partial charge in [0.25, 0.3) is 0 Å². The predicted molar refractivity (Wildman–Crippen MR) is 275 cm³/mol. The van der Waals surface area contributed by atoms with Crippen molar-refractivity contribution < 1.29 is 44.6 Å². The summed E-state index contributed by atoms with van der Waals surface area (Å²) >= 11 is 0. The zero-order chi connectivity index (χ0) is 51.9. The van der Waals surface area contributed by atoms with E-state index in [0.717, 1.165) is 25.4 Å². The fourth-order valence-electron chi connectivity index (χ4n) is 9.48. The van der Waals surface area contributed by atoms with Crippen molar-refractivity contribution in [3.63, 3.8) is 0 Å². The molecule has 1 aliphatic carbocycles. The number of hydrogen-bond donors (Lipinski definition) is 0. The Morgan fingerprint density at radius 1 is 0.658 bits per heavy atom. The van der Waals surface area contributed by atoms with Crippen LogP contribution < -0.4 is 30.3 Å². The number of hydrogen-bond acceptors (Lipinski definition) is 12. The molecule has 0 radical (unpaired) electrons. The van der Waals surface area contributed by atoms with E-state index in [1.54, 1.807) is 96.4 Å². The summed E-state index contributed by atoms with van der Waals surface area (Å²) in [4.78, 5) is 38.0. The van der Waals surface area contributed by atoms with Crippen LogP contribution in [0.25, 0.3) is 44.6 Å². The Hall–Kier alpha value is -7.32. The standard InChI is InChI=1S/C53H54F2N6O10S2/c1-7-58-41-24-35(38-13-9-10-15-40(38)54)28-56-50(41)60(52(58)62)43(30-72(5,64)65)34-17-21-46(69-4)48(27-34)71-23-22-32-12-11-14-39(49(32)55)36-25-42-51(57-29-36)61(53(63)59(42)37-18-19-37)44(31-73(6,66)67)33-16-20-45(68-3)47(26-33)70-8-2/h9-17,20-21,24-29,37,43-44H,7-8,18-19,22-23,30-31H2,1-6H3. The molecule has 1 saturated carbocycles. The SMILES string of the molecule is CCOc1cc(C(CS(C)(=O)=O)n2c(=O)n(C3CC3)c3cc(-c4cccc(CCOc5cc(C(CS(C)(=O)=O)n6c(=O)n(CC)c7cc(-c8ccccc8F)cnc76)ccc5OC)c4F)cnc32)ccc1OC. The first-order valence-electron chi connectivity index (χ1n) is 23.7. The minimum Gasteiger partial charge on any atom is -0.493 e. The highest BCUT2D eigenvalue weighted by Gasteiger charge is 2.34. The molecule has 4 aromatic heterocycles. The lowest BCUT2D eigenvalue weighted by Gasteiger charge is -2.20. The van der Waals surface area contributed by atoms with Gasteiger partial charge in [-0.1, -0.05) is 48.5 Å². The van der Waals surface area contributed by atoms with Crippen LogP contribution in [0.4, 0.5) is 8.78 Å². The van der Waals surface area contributed by atoms with Gasteiger partial charge in [0.2, 0.25) is 0 Å². The monoisotopic (exact) mass is 1040 g/mol. The highest BCUT2D eigenvalue weighted by atomic mass is 32.2. The smallest absolute Gasteiger partial charge is 0.331 e. The number of methoxy groups -OCH3 is 2. The first-order chi connectivity index (χ1) is 34.9. The average molecular weight is 1040 g/mol. The van der Waals surface area contributed by atoms with Gasteiger partial charge >= 0.3 is 11.4 Å². The molecular weight excluding hydrogens is 983 g/mol. The van der Waals surface area contributed by atoms with Crippen molar-refractivity contribution in [1.82, 2.24) is 28.2 Å². The number of aryl methyl sites for hydroxylation is 1. The number of sulfone groups is 2. The number of benzene rings is 4. The molecule has 9 rings (SSSR count). The number of nitrogens with zero attached hydrogens (tertiary/aromatic N) is 6. The second-order valence-electron chi connectivity index (χ2n) is 18.1. The van der Waals surface area contributed by atoms with Crippen molar-refractivity contribution in [3.8, 4) is 45.3 Å². The largest absolute Gasteiger partial charge is 0.493 e. The molecule has 382 valence electrons. The van der Waals surface area contributed by atoms with Crippen LogP contribution in [0.1, 0.15) is 61.5 Å². The van der Waals surface area contributed by atoms with Crippen LogP contribution in [0.5, 0.6) is 23.0 Å². The minimum absolute atomic E-state index is 0.0498. The molecule has 0 spiro atoms. The Morgan fingerprint density at radius 2 is 1.21 bits per heavy atom. The normalized spacial score (nSPS) is 13.9. The van der Waals surface area contributed by atoms with Gasteiger partial charge in [-0.3, -0.25) is 18.3 Å². The summed E-state index contributed by atoms with van der Waals surface area (Å²) < 4.78 is 113. The number of imidazole rings is 2. The highest BCUT2D eigenvalue weighted by Crippen LogP contribution is 2.40. The summed E-state index contributed by atoms with van der Waals surface area (Å²) in [6.45, 7) is 4.08. The lowest BCUT2D eigenvalue weighted by molar-refractivity contribution is 0.295. The molecule has 73 heavy (non-hydrogen) atoms. The number of fused-ring (bicyclic) bond motifs is 2. The maximum atomic E-state index is 16.8. The molecular formula is C53H54F2N6O10S2. The van der Waals surface area contributed by atoms with E-state index in [9.17, 15) is 30.8 Å². The summed E-state index contributed by atoms with van der Waals surface area (Å²) in [7, 11) is -4.44. The molecule has 4 aromatic carbocycles. The van der Waals surface area contributed by atoms with E-state index >= 15 is 4.39 Å². The molecule has 8 aromatic rings. The Balaban J connectivity index is 1.03. The van der Waals surface area contributed by atoms with Gasteiger partial charge in [-0.25, -0.2) is 45.2 Å². The van der Waals surface area contributed by atoms with Crippen molar-refractivity contribution in [2.45, 2.75) is 57.8 Å². The van der Waals surface area contributed by atoms with Crippen molar-refractivity contribution >= 4 is 42.0 Å². The zero-order valence-electron chi connectivity index (χ0n) is 41.0. The van der Waals surface area contributed by atoms with Crippen molar-refractivity contribution in [3.05, 3.63) is 153 Å². The molecule has 16 nitrogen and oxygen atoms in total. The summed E-state index contributed by atoms with van der Waals surface area (Å²) in [5.41, 5.74) is 2.88. The van der Waals surface area contributed by atoms with Crippen molar-refractivity contribution in [2.75, 3.05) is 51.5 Å². The van der Waals surface area contributed by atoms with Gasteiger partial charge in [-0.2, -0.15) is 0 Å². The van der Waals surface area contributed by atoms with Gasteiger partial charge in [0, 0.05) is 66.2 Å². The van der Waals surface area contributed by atoms with E-state index in [1.165, 1.54) is 46.4 Å². The van der Waals surface area contributed by atoms with Crippen LogP contribution in [0.3, 0.4) is 0 Å². The quantitative estimate of drug-likeness (QED) is 0.0718. The van der Waals surface area contributed by atoms with Gasteiger partial charge in [0.15, 0.2) is 34.3 Å². The molecule has 2 atom stereocenters. The number of aromatic nitrogens is 6. The summed E-state index contributed by atoms with van der Waals surface area (Å²) in [6, 6.07) is 22.2. The predicted octanol–water partition coefficient (Wildman–Crippen LogP) is 7.98. The fraction of sp³-hybridized carbons (Fsp3) is 0.321. The molecule has 0 aliphatic heterocycles. The number of ether oxygens (including phenoxy) is 4. The van der Waals surface area contributed by atoms with Crippen molar-refractivity contribution in [1.29, 1.82) is 0 Å². The second kappa shape index (κ2) is 20.3. The lowest BCUT2D eigenvalue weighted by Crippen LogP contribution is -2.31. The Kier molecular flexibility index (Phi) is 14.1. The highest BCUT2D eigenvalue weighted by molar-refractivity contribution is 7.90. The molecule has 0 N–H and O–H groups in total. The van der Waals surface area contributed by atoms with Crippen LogP contribution in [-0.4, -0.2) is 96.5 Å². The molecule has 0 saturated heterocycles. The Morgan fingerprint density at radius 3 is 1.77 bits per heavy atom. The number of halogens is 2. The maximum absolute atomic E-state index is 16.8. The molecule has 4 heterocycles. The average Bonchev–Trinajstić information content (AvgIpc) is 4.09. The topological polar surface area (TPSA) is 185 Å². The fourth-order valence-corrected chi connectivity index (χ4v) is 11.3. The van der Waals surface area contributed by atoms with Gasteiger partial charge in [0.1, 0.15) is 31.3 Å². The van der Waals surface area contributed by atoms with Crippen LogP contribution in [0.15, 0.2) is 113 Å². The van der Waals surface area contributed by atoms with Crippen LogP contribution in [0, 0.1) is 11.6 Å². The van der Waals surface area contributed by atoms with E-state index in [1.807, 2.05) is 6.92 Å². The van der Waals surface area contributed by atoms with Gasteiger partial charge in [0.05, 0.1) is 62.1 Å². The van der Waals surface area contributed by atoms with Crippen LogP contribution in [-0.2, 0) is 32.6 Å². The van der Waals surface area contributed by atoms with Crippen molar-refractivity contribution in [2.24, 2.45) is 0 Å². The number of pyridine rings is 2. The molecule has 1 fully saturated rings. The van der Waals surface area contributed by atoms with Crippen LogP contribution >= 0.6 is 0 Å². The first kappa shape index (κ1) is 50.6. The maximum Gasteiger partial charge on any atom is 0.331 e. The molecule has 0 bridgehead atoms. The molecule has 20 heteroatoms. The van der Waals surface area contributed by atoms with Crippen LogP contribution in [0.2, 0.25) is 0 Å². The third kappa shape index (κ3) is 10.2. The van der Waals surface area contributed by atoms with E-state index in [-0.39, 0.29) is 48.2 Å². The molecule has 0 amide bonds.